The van der Waals surface area contributed by atoms with Crippen LogP contribution in [0, 0.1) is 13.8 Å². The smallest absolute Gasteiger partial charge is 0.156 e. The quantitative estimate of drug-likeness (QED) is 0.604. The van der Waals surface area contributed by atoms with Crippen LogP contribution in [-0.2, 0) is 7.05 Å². The molecule has 0 aliphatic carbocycles. The Hall–Kier alpha value is -3.15. The van der Waals surface area contributed by atoms with E-state index in [1.165, 1.54) is 0 Å². The zero-order valence-electron chi connectivity index (χ0n) is 13.8. The van der Waals surface area contributed by atoms with Gasteiger partial charge in [-0.25, -0.2) is 4.98 Å². The molecule has 0 saturated heterocycles. The average Bonchev–Trinajstić information content (AvgIpc) is 3.13. The van der Waals surface area contributed by atoms with Crippen molar-refractivity contribution in [3.8, 4) is 11.3 Å². The van der Waals surface area contributed by atoms with Gasteiger partial charge in [0.25, 0.3) is 0 Å². The van der Waals surface area contributed by atoms with E-state index in [0.29, 0.717) is 0 Å². The number of hydrogen-bond donors (Lipinski definition) is 2. The Morgan fingerprint density at radius 3 is 2.75 bits per heavy atom. The topological polar surface area (TPSA) is 71.4 Å². The zero-order chi connectivity index (χ0) is 16.7. The van der Waals surface area contributed by atoms with Gasteiger partial charge >= 0.3 is 0 Å². The predicted octanol–water partition coefficient (Wildman–Crippen LogP) is 3.72. The maximum atomic E-state index is 4.65. The van der Waals surface area contributed by atoms with Crippen molar-refractivity contribution in [2.24, 2.45) is 7.05 Å². The number of hydrogen-bond acceptors (Lipinski definition) is 4. The molecule has 4 rings (SSSR count). The number of H-pyrrole nitrogens is 1. The second-order valence-corrected chi connectivity index (χ2v) is 5.92. The van der Waals surface area contributed by atoms with Crippen molar-refractivity contribution < 1.29 is 0 Å². The molecule has 0 aliphatic heterocycles. The van der Waals surface area contributed by atoms with Crippen LogP contribution in [0.1, 0.15) is 11.3 Å². The first-order chi connectivity index (χ1) is 11.6. The summed E-state index contributed by atoms with van der Waals surface area (Å²) >= 11 is 0. The third kappa shape index (κ3) is 2.52. The van der Waals surface area contributed by atoms with Gasteiger partial charge in [0, 0.05) is 41.6 Å². The molecule has 24 heavy (non-hydrogen) atoms. The van der Waals surface area contributed by atoms with Gasteiger partial charge in [0.05, 0.1) is 5.69 Å². The number of nitrogens with zero attached hydrogens (tertiary/aromatic N) is 4. The molecule has 0 radical (unpaired) electrons. The summed E-state index contributed by atoms with van der Waals surface area (Å²) in [7, 11) is 1.90. The monoisotopic (exact) mass is 318 g/mol. The summed E-state index contributed by atoms with van der Waals surface area (Å²) in [5.74, 6) is 1.55. The van der Waals surface area contributed by atoms with Crippen LogP contribution in [0.3, 0.4) is 0 Å². The molecule has 4 heterocycles. The lowest BCUT2D eigenvalue weighted by molar-refractivity contribution is 0.770. The lowest BCUT2D eigenvalue weighted by Crippen LogP contribution is -1.98. The molecule has 4 aromatic heterocycles. The summed E-state index contributed by atoms with van der Waals surface area (Å²) in [4.78, 5) is 12.5. The summed E-state index contributed by atoms with van der Waals surface area (Å²) in [6, 6.07) is 10.1. The van der Waals surface area contributed by atoms with Crippen molar-refractivity contribution in [2.75, 3.05) is 5.32 Å². The second-order valence-electron chi connectivity index (χ2n) is 5.92. The van der Waals surface area contributed by atoms with Gasteiger partial charge in [-0.1, -0.05) is 6.07 Å². The molecule has 6 nitrogen and oxygen atoms in total. The Morgan fingerprint density at radius 1 is 1.12 bits per heavy atom. The zero-order valence-corrected chi connectivity index (χ0v) is 13.8. The van der Waals surface area contributed by atoms with E-state index in [-0.39, 0.29) is 0 Å². The van der Waals surface area contributed by atoms with Gasteiger partial charge in [-0.05, 0) is 38.1 Å². The molecule has 0 aromatic carbocycles. The third-order valence-electron chi connectivity index (χ3n) is 3.95. The molecule has 0 bridgehead atoms. The number of rotatable bonds is 3. The van der Waals surface area contributed by atoms with E-state index >= 15 is 0 Å². The van der Waals surface area contributed by atoms with E-state index in [2.05, 4.69) is 25.4 Å². The minimum absolute atomic E-state index is 0.741. The summed E-state index contributed by atoms with van der Waals surface area (Å²) < 4.78 is 1.79. The maximum absolute atomic E-state index is 4.65. The second kappa shape index (κ2) is 5.49. The van der Waals surface area contributed by atoms with Gasteiger partial charge in [-0.2, -0.15) is 5.10 Å². The van der Waals surface area contributed by atoms with Crippen molar-refractivity contribution in [1.82, 2.24) is 24.7 Å². The third-order valence-corrected chi connectivity index (χ3v) is 3.95. The normalized spacial score (nSPS) is 11.1. The first-order valence-electron chi connectivity index (χ1n) is 7.79. The van der Waals surface area contributed by atoms with Crippen LogP contribution in [0.2, 0.25) is 0 Å². The van der Waals surface area contributed by atoms with Gasteiger partial charge in [-0.15, -0.1) is 0 Å². The Bertz CT molecular complexity index is 1030. The number of aryl methyl sites for hydroxylation is 3. The number of nitrogens with one attached hydrogen (secondary N) is 2. The minimum atomic E-state index is 0.741. The highest BCUT2D eigenvalue weighted by Gasteiger charge is 2.12. The maximum Gasteiger partial charge on any atom is 0.156 e. The molecular weight excluding hydrogens is 300 g/mol. The van der Waals surface area contributed by atoms with Gasteiger partial charge < -0.3 is 10.3 Å². The van der Waals surface area contributed by atoms with Crippen LogP contribution in [0.5, 0.6) is 0 Å². The Kier molecular flexibility index (Phi) is 3.30. The highest BCUT2D eigenvalue weighted by atomic mass is 15.3. The van der Waals surface area contributed by atoms with Crippen molar-refractivity contribution in [3.05, 3.63) is 54.0 Å². The molecule has 0 amide bonds. The highest BCUT2D eigenvalue weighted by Crippen LogP contribution is 2.30. The fourth-order valence-corrected chi connectivity index (χ4v) is 2.86. The molecule has 0 aliphatic rings. The predicted molar refractivity (Wildman–Crippen MR) is 95.3 cm³/mol. The average molecular weight is 318 g/mol. The van der Waals surface area contributed by atoms with Crippen molar-refractivity contribution in [3.63, 3.8) is 0 Å². The molecular formula is C18H18N6. The lowest BCUT2D eigenvalue weighted by atomic mass is 10.1. The van der Waals surface area contributed by atoms with E-state index in [1.54, 1.807) is 4.68 Å². The van der Waals surface area contributed by atoms with E-state index in [1.807, 2.05) is 63.6 Å². The van der Waals surface area contributed by atoms with Crippen molar-refractivity contribution in [1.29, 1.82) is 0 Å². The molecule has 6 heteroatoms. The first kappa shape index (κ1) is 14.4. The highest BCUT2D eigenvalue weighted by molar-refractivity contribution is 5.94. The molecule has 0 saturated carbocycles. The van der Waals surface area contributed by atoms with Gasteiger partial charge in [0.1, 0.15) is 11.5 Å². The van der Waals surface area contributed by atoms with Gasteiger partial charge in [0.15, 0.2) is 5.82 Å². The fraction of sp³-hybridized carbons (Fsp3) is 0.167. The molecule has 0 unspecified atom stereocenters. The van der Waals surface area contributed by atoms with Crippen LogP contribution in [0.25, 0.3) is 22.3 Å². The standard InChI is InChI=1S/C18H18N6/c1-11-10-24(3)23-17(11)21-16-9-14(13-7-8-19-18(13)22-16)15-6-4-5-12(2)20-15/h4-10H,1-3H3,(H2,19,21,22,23). The lowest BCUT2D eigenvalue weighted by Gasteiger charge is -2.09. The number of pyridine rings is 2. The van der Waals surface area contributed by atoms with Crippen LogP contribution in [0.4, 0.5) is 11.6 Å². The summed E-state index contributed by atoms with van der Waals surface area (Å²) in [5.41, 5.74) is 4.86. The molecule has 2 N–H and O–H groups in total. The van der Waals surface area contributed by atoms with Crippen molar-refractivity contribution >= 4 is 22.7 Å². The molecule has 120 valence electrons. The molecule has 0 spiro atoms. The summed E-state index contributed by atoms with van der Waals surface area (Å²) in [5, 5.41) is 8.79. The Labute approximate surface area is 139 Å². The Balaban J connectivity index is 1.84. The fourth-order valence-electron chi connectivity index (χ4n) is 2.86. The molecule has 0 atom stereocenters. The molecule has 4 aromatic rings. The summed E-state index contributed by atoms with van der Waals surface area (Å²) in [6.07, 6.45) is 3.87. The van der Waals surface area contributed by atoms with Crippen molar-refractivity contribution in [2.45, 2.75) is 13.8 Å². The summed E-state index contributed by atoms with van der Waals surface area (Å²) in [6.45, 7) is 4.01. The van der Waals surface area contributed by atoms with Gasteiger partial charge in [0.2, 0.25) is 0 Å². The number of anilines is 2. The van der Waals surface area contributed by atoms with Gasteiger partial charge in [-0.3, -0.25) is 9.67 Å². The van der Waals surface area contributed by atoms with Crippen LogP contribution in [-0.4, -0.2) is 24.7 Å². The first-order valence-corrected chi connectivity index (χ1v) is 7.79. The number of fused-ring (bicyclic) bond motifs is 1. The van der Waals surface area contributed by atoms with Crippen LogP contribution >= 0.6 is 0 Å². The van der Waals surface area contributed by atoms with E-state index in [9.17, 15) is 0 Å². The van der Waals surface area contributed by atoms with E-state index < -0.39 is 0 Å². The SMILES string of the molecule is Cc1cccc(-c2cc(Nc3nn(C)cc3C)nc3[nH]ccc23)n1. The van der Waals surface area contributed by atoms with Crippen LogP contribution in [0.15, 0.2) is 42.7 Å². The number of aromatic amines is 1. The largest absolute Gasteiger partial charge is 0.346 e. The number of aromatic nitrogens is 5. The Morgan fingerprint density at radius 2 is 2.00 bits per heavy atom. The van der Waals surface area contributed by atoms with E-state index in [0.717, 1.165) is 45.2 Å². The molecule has 0 fully saturated rings. The van der Waals surface area contributed by atoms with E-state index in [4.69, 9.17) is 0 Å². The van der Waals surface area contributed by atoms with Crippen LogP contribution < -0.4 is 5.32 Å². The minimum Gasteiger partial charge on any atom is -0.346 e.